The Balaban J connectivity index is 2.18. The fourth-order valence-electron chi connectivity index (χ4n) is 3.37. The summed E-state index contributed by atoms with van der Waals surface area (Å²) in [5, 5.41) is 17.5. The Morgan fingerprint density at radius 2 is 2.18 bits per heavy atom. The molecule has 0 fully saturated rings. The first-order chi connectivity index (χ1) is 13.3. The van der Waals surface area contributed by atoms with E-state index in [0.29, 0.717) is 17.0 Å². The quantitative estimate of drug-likeness (QED) is 0.366. The summed E-state index contributed by atoms with van der Waals surface area (Å²) >= 11 is 1.46. The molecule has 0 spiro atoms. The molecule has 0 aliphatic carbocycles. The van der Waals surface area contributed by atoms with Crippen LogP contribution >= 0.6 is 11.3 Å². The average molecular weight is 397 g/mol. The maximum absolute atomic E-state index is 13.0. The Morgan fingerprint density at radius 1 is 1.43 bits per heavy atom. The average Bonchev–Trinajstić information content (AvgIpc) is 3.04. The van der Waals surface area contributed by atoms with Crippen LogP contribution < -0.4 is 5.32 Å². The van der Waals surface area contributed by atoms with Crippen LogP contribution in [0.25, 0.3) is 10.1 Å². The molecule has 144 valence electrons. The second-order valence-electron chi connectivity index (χ2n) is 6.37. The van der Waals surface area contributed by atoms with Crippen LogP contribution in [0, 0.1) is 22.0 Å². The van der Waals surface area contributed by atoms with Crippen molar-refractivity contribution in [2.24, 2.45) is 0 Å². The minimum absolute atomic E-state index is 0.0738. The Kier molecular flexibility index (Phi) is 5.47. The highest BCUT2D eigenvalue weighted by atomic mass is 32.1. The normalized spacial score (nSPS) is 17.6. The van der Waals surface area contributed by atoms with Crippen LogP contribution in [0.5, 0.6) is 0 Å². The Morgan fingerprint density at radius 3 is 2.86 bits per heavy atom. The van der Waals surface area contributed by atoms with E-state index in [1.807, 2.05) is 11.4 Å². The highest BCUT2D eigenvalue weighted by Gasteiger charge is 2.42. The van der Waals surface area contributed by atoms with Gasteiger partial charge in [-0.05, 0) is 44.7 Å². The molecule has 2 atom stereocenters. The molecule has 0 saturated carbocycles. The molecule has 3 heterocycles. The third-order valence-electron chi connectivity index (χ3n) is 4.49. The van der Waals surface area contributed by atoms with Gasteiger partial charge in [-0.15, -0.1) is 17.3 Å². The van der Waals surface area contributed by atoms with E-state index < -0.39 is 22.9 Å². The molecule has 1 aliphatic rings. The van der Waals surface area contributed by atoms with E-state index >= 15 is 0 Å². The van der Waals surface area contributed by atoms with E-state index in [1.54, 1.807) is 40.1 Å². The molecule has 8 heteroatoms. The second kappa shape index (κ2) is 7.82. The van der Waals surface area contributed by atoms with Crippen molar-refractivity contribution < 1.29 is 14.5 Å². The number of nitro groups is 1. The van der Waals surface area contributed by atoms with Gasteiger partial charge in [0.1, 0.15) is 5.92 Å². The van der Waals surface area contributed by atoms with Gasteiger partial charge in [-0.2, -0.15) is 0 Å². The van der Waals surface area contributed by atoms with Crippen molar-refractivity contribution in [2.45, 2.75) is 39.7 Å². The topological polar surface area (TPSA) is 94.4 Å². The number of nitrogens with zero attached hydrogens (tertiary/aromatic N) is 2. The van der Waals surface area contributed by atoms with Gasteiger partial charge in [-0.1, -0.05) is 5.92 Å². The van der Waals surface area contributed by atoms with E-state index in [4.69, 9.17) is 4.74 Å². The third-order valence-corrected chi connectivity index (χ3v) is 5.47. The number of hydrogen-bond donors (Lipinski definition) is 1. The van der Waals surface area contributed by atoms with E-state index in [0.717, 1.165) is 10.1 Å². The van der Waals surface area contributed by atoms with Crippen LogP contribution in [0.1, 0.15) is 39.2 Å². The second-order valence-corrected chi connectivity index (χ2v) is 7.28. The number of nitrogens with one attached hydrogen (secondary N) is 1. The summed E-state index contributed by atoms with van der Waals surface area (Å²) < 4.78 is 6.38. The van der Waals surface area contributed by atoms with Crippen molar-refractivity contribution >= 4 is 27.4 Å². The summed E-state index contributed by atoms with van der Waals surface area (Å²) in [6.45, 7) is 6.66. The number of esters is 1. The van der Waals surface area contributed by atoms with Crippen molar-refractivity contribution in [2.75, 3.05) is 0 Å². The highest BCUT2D eigenvalue weighted by molar-refractivity contribution is 7.17. The SMILES string of the molecule is CC#CC(C)OC(=O)C1=C(C)NC(C)=C([N+](=O)[O-])C1c1csc2ccncc12. The highest BCUT2D eigenvalue weighted by Crippen LogP contribution is 2.43. The third kappa shape index (κ3) is 3.49. The van der Waals surface area contributed by atoms with E-state index in [2.05, 4.69) is 22.1 Å². The number of hydrogen-bond acceptors (Lipinski definition) is 7. The molecule has 0 aromatic carbocycles. The zero-order valence-corrected chi connectivity index (χ0v) is 16.7. The number of fused-ring (bicyclic) bond motifs is 1. The van der Waals surface area contributed by atoms with E-state index in [9.17, 15) is 14.9 Å². The monoisotopic (exact) mass is 397 g/mol. The molecule has 0 bridgehead atoms. The van der Waals surface area contributed by atoms with Crippen molar-refractivity contribution in [3.63, 3.8) is 0 Å². The maximum atomic E-state index is 13.0. The van der Waals surface area contributed by atoms with Crippen molar-refractivity contribution in [1.82, 2.24) is 10.3 Å². The fourth-order valence-corrected chi connectivity index (χ4v) is 4.32. The van der Waals surface area contributed by atoms with Crippen LogP contribution in [-0.2, 0) is 9.53 Å². The minimum Gasteiger partial charge on any atom is -0.446 e. The molecule has 2 aromatic rings. The molecule has 2 unspecified atom stereocenters. The van der Waals surface area contributed by atoms with Gasteiger partial charge < -0.3 is 10.1 Å². The lowest BCUT2D eigenvalue weighted by Crippen LogP contribution is -2.32. The van der Waals surface area contributed by atoms with Gasteiger partial charge in [-0.3, -0.25) is 15.1 Å². The first kappa shape index (κ1) is 19.6. The zero-order valence-electron chi connectivity index (χ0n) is 15.9. The number of carbonyl (C=O) groups is 1. The summed E-state index contributed by atoms with van der Waals surface area (Å²) in [7, 11) is 0. The molecule has 3 rings (SSSR count). The van der Waals surface area contributed by atoms with Gasteiger partial charge in [-0.25, -0.2) is 4.79 Å². The number of dihydropyridines is 1. The maximum Gasteiger partial charge on any atom is 0.338 e. The number of allylic oxidation sites excluding steroid dienone is 3. The van der Waals surface area contributed by atoms with Crippen molar-refractivity contribution in [3.05, 3.63) is 62.2 Å². The lowest BCUT2D eigenvalue weighted by atomic mass is 9.84. The summed E-state index contributed by atoms with van der Waals surface area (Å²) in [5.74, 6) is 3.98. The molecule has 1 aliphatic heterocycles. The van der Waals surface area contributed by atoms with Crippen LogP contribution in [0.4, 0.5) is 0 Å². The fraction of sp³-hybridized carbons (Fsp3) is 0.300. The standard InChI is InChI=1S/C20H19N3O4S/c1-5-6-11(2)27-20(24)17-12(3)22-13(4)19(23(25)26)18(17)15-10-28-16-7-8-21-9-14(15)16/h7-11,18,22H,1-4H3. The number of rotatable bonds is 4. The number of ether oxygens (including phenoxy) is 1. The molecular formula is C20H19N3O4S. The van der Waals surface area contributed by atoms with Gasteiger partial charge in [0.15, 0.2) is 6.10 Å². The van der Waals surface area contributed by atoms with Crippen LogP contribution in [0.15, 0.2) is 46.5 Å². The van der Waals surface area contributed by atoms with Gasteiger partial charge in [0.25, 0.3) is 5.70 Å². The van der Waals surface area contributed by atoms with Crippen LogP contribution in [0.2, 0.25) is 0 Å². The summed E-state index contributed by atoms with van der Waals surface area (Å²) in [6, 6.07) is 1.85. The number of thiophene rings is 1. The molecule has 7 nitrogen and oxygen atoms in total. The summed E-state index contributed by atoms with van der Waals surface area (Å²) in [5.41, 5.74) is 1.73. The zero-order chi connectivity index (χ0) is 20.4. The molecule has 28 heavy (non-hydrogen) atoms. The first-order valence-corrected chi connectivity index (χ1v) is 9.50. The molecule has 1 N–H and O–H groups in total. The first-order valence-electron chi connectivity index (χ1n) is 8.62. The largest absolute Gasteiger partial charge is 0.446 e. The number of carbonyl (C=O) groups excluding carboxylic acids is 1. The molecule has 0 radical (unpaired) electrons. The lowest BCUT2D eigenvalue weighted by molar-refractivity contribution is -0.431. The van der Waals surface area contributed by atoms with Gasteiger partial charge in [0, 0.05) is 28.2 Å². The Labute approximate surface area is 166 Å². The summed E-state index contributed by atoms with van der Waals surface area (Å²) in [4.78, 5) is 28.6. The van der Waals surface area contributed by atoms with Crippen molar-refractivity contribution in [1.29, 1.82) is 0 Å². The van der Waals surface area contributed by atoms with Gasteiger partial charge >= 0.3 is 5.97 Å². The number of pyridine rings is 1. The Bertz CT molecular complexity index is 1090. The van der Waals surface area contributed by atoms with Crippen LogP contribution in [-0.4, -0.2) is 22.0 Å². The lowest BCUT2D eigenvalue weighted by Gasteiger charge is -2.26. The van der Waals surface area contributed by atoms with Gasteiger partial charge in [0.2, 0.25) is 0 Å². The molecular weight excluding hydrogens is 378 g/mol. The predicted octanol–water partition coefficient (Wildman–Crippen LogP) is 3.72. The summed E-state index contributed by atoms with van der Waals surface area (Å²) in [6.07, 6.45) is 2.71. The Hall–Kier alpha value is -3.18. The van der Waals surface area contributed by atoms with E-state index in [1.165, 1.54) is 11.3 Å². The van der Waals surface area contributed by atoms with E-state index in [-0.39, 0.29) is 11.3 Å². The van der Waals surface area contributed by atoms with Gasteiger partial charge in [0.05, 0.1) is 16.2 Å². The molecule has 2 aromatic heterocycles. The predicted molar refractivity (Wildman–Crippen MR) is 107 cm³/mol. The van der Waals surface area contributed by atoms with Crippen molar-refractivity contribution in [3.8, 4) is 11.8 Å². The molecule has 0 saturated heterocycles. The smallest absolute Gasteiger partial charge is 0.338 e. The number of aromatic nitrogens is 1. The molecule has 0 amide bonds. The van der Waals surface area contributed by atoms with Crippen LogP contribution in [0.3, 0.4) is 0 Å². The minimum atomic E-state index is -0.858.